The summed E-state index contributed by atoms with van der Waals surface area (Å²) in [4.78, 5) is 24.2. The van der Waals surface area contributed by atoms with Gasteiger partial charge in [-0.2, -0.15) is 0 Å². The van der Waals surface area contributed by atoms with Crippen LogP contribution in [-0.4, -0.2) is 16.9 Å². The van der Waals surface area contributed by atoms with Crippen molar-refractivity contribution in [2.24, 2.45) is 5.92 Å². The Bertz CT molecular complexity index is 1050. The SMILES string of the molecule is Cc1cccc(-c2cccc3c2CCC(Cc2ccc(C(=O)O)cc2)C3=O)c1. The topological polar surface area (TPSA) is 54.4 Å². The first-order chi connectivity index (χ1) is 13.5. The number of hydrogen-bond donors (Lipinski definition) is 1. The molecule has 3 aromatic carbocycles. The summed E-state index contributed by atoms with van der Waals surface area (Å²) in [5, 5.41) is 9.03. The lowest BCUT2D eigenvalue weighted by Gasteiger charge is -2.25. The number of ketones is 1. The molecule has 0 spiro atoms. The van der Waals surface area contributed by atoms with Crippen molar-refractivity contribution >= 4 is 11.8 Å². The third kappa shape index (κ3) is 3.48. The minimum atomic E-state index is -0.933. The lowest BCUT2D eigenvalue weighted by Crippen LogP contribution is -2.25. The molecular formula is C25H22O3. The van der Waals surface area contributed by atoms with E-state index in [0.717, 1.165) is 40.7 Å². The highest BCUT2D eigenvalue weighted by atomic mass is 16.4. The zero-order chi connectivity index (χ0) is 19.7. The second-order valence-electron chi connectivity index (χ2n) is 7.51. The predicted molar refractivity (Wildman–Crippen MR) is 110 cm³/mol. The fourth-order valence-electron chi connectivity index (χ4n) is 4.10. The highest BCUT2D eigenvalue weighted by Crippen LogP contribution is 2.35. The van der Waals surface area contributed by atoms with Crippen molar-refractivity contribution in [3.8, 4) is 11.1 Å². The average Bonchev–Trinajstić information content (AvgIpc) is 2.70. The van der Waals surface area contributed by atoms with Crippen molar-refractivity contribution in [2.45, 2.75) is 26.2 Å². The van der Waals surface area contributed by atoms with Gasteiger partial charge in [-0.1, -0.05) is 60.2 Å². The van der Waals surface area contributed by atoms with E-state index < -0.39 is 5.97 Å². The molecule has 1 aliphatic carbocycles. The number of carbonyl (C=O) groups is 2. The molecular weight excluding hydrogens is 348 g/mol. The normalized spacial score (nSPS) is 15.9. The molecule has 0 amide bonds. The van der Waals surface area contributed by atoms with E-state index in [1.807, 2.05) is 24.3 Å². The van der Waals surface area contributed by atoms with E-state index in [0.29, 0.717) is 6.42 Å². The molecule has 0 aromatic heterocycles. The summed E-state index contributed by atoms with van der Waals surface area (Å²) in [6.07, 6.45) is 2.34. The minimum Gasteiger partial charge on any atom is -0.478 e. The summed E-state index contributed by atoms with van der Waals surface area (Å²) >= 11 is 0. The molecule has 1 unspecified atom stereocenters. The minimum absolute atomic E-state index is 0.0593. The summed E-state index contributed by atoms with van der Waals surface area (Å²) in [5.41, 5.74) is 6.77. The maximum absolute atomic E-state index is 13.2. The Morgan fingerprint density at radius 1 is 1.00 bits per heavy atom. The molecule has 1 N–H and O–H groups in total. The van der Waals surface area contributed by atoms with Gasteiger partial charge in [-0.25, -0.2) is 4.79 Å². The smallest absolute Gasteiger partial charge is 0.335 e. The molecule has 0 heterocycles. The first-order valence-electron chi connectivity index (χ1n) is 9.58. The summed E-state index contributed by atoms with van der Waals surface area (Å²) in [6, 6.07) is 21.3. The van der Waals surface area contributed by atoms with E-state index in [4.69, 9.17) is 5.11 Å². The van der Waals surface area contributed by atoms with Crippen molar-refractivity contribution in [1.82, 2.24) is 0 Å². The second-order valence-corrected chi connectivity index (χ2v) is 7.51. The van der Waals surface area contributed by atoms with Crippen molar-refractivity contribution in [3.05, 3.63) is 94.5 Å². The molecule has 0 bridgehead atoms. The standard InChI is InChI=1S/C25H22O3/c1-16-4-2-5-19(14-16)21-6-3-7-23-22(21)13-12-20(24(23)26)15-17-8-10-18(11-9-17)25(27)28/h2-11,14,20H,12-13,15H2,1H3,(H,27,28). The molecule has 3 heteroatoms. The second kappa shape index (κ2) is 7.43. The van der Waals surface area contributed by atoms with Gasteiger partial charge in [0.25, 0.3) is 0 Å². The van der Waals surface area contributed by atoms with E-state index in [1.165, 1.54) is 5.56 Å². The number of hydrogen-bond acceptors (Lipinski definition) is 2. The molecule has 3 nitrogen and oxygen atoms in total. The maximum Gasteiger partial charge on any atom is 0.335 e. The Morgan fingerprint density at radius 2 is 1.71 bits per heavy atom. The predicted octanol–water partition coefficient (Wildman–Crippen LogP) is 5.35. The zero-order valence-corrected chi connectivity index (χ0v) is 15.8. The van der Waals surface area contributed by atoms with Crippen molar-refractivity contribution in [2.75, 3.05) is 0 Å². The molecule has 140 valence electrons. The number of rotatable bonds is 4. The van der Waals surface area contributed by atoms with E-state index >= 15 is 0 Å². The Labute approximate surface area is 164 Å². The van der Waals surface area contributed by atoms with Crippen LogP contribution in [0.3, 0.4) is 0 Å². The number of aryl methyl sites for hydroxylation is 1. The van der Waals surface area contributed by atoms with Crippen LogP contribution in [0.1, 0.15) is 43.8 Å². The van der Waals surface area contributed by atoms with E-state index in [1.54, 1.807) is 12.1 Å². The van der Waals surface area contributed by atoms with Crippen LogP contribution in [0.4, 0.5) is 0 Å². The number of carboxylic acid groups (broad SMARTS) is 1. The van der Waals surface area contributed by atoms with Gasteiger partial charge >= 0.3 is 5.97 Å². The maximum atomic E-state index is 13.2. The first kappa shape index (κ1) is 18.2. The van der Waals surface area contributed by atoms with Gasteiger partial charge in [0.1, 0.15) is 0 Å². The monoisotopic (exact) mass is 370 g/mol. The van der Waals surface area contributed by atoms with Gasteiger partial charge in [0.15, 0.2) is 5.78 Å². The van der Waals surface area contributed by atoms with Gasteiger partial charge in [-0.3, -0.25) is 4.79 Å². The van der Waals surface area contributed by atoms with Crippen LogP contribution in [-0.2, 0) is 12.8 Å². The molecule has 0 aliphatic heterocycles. The third-order valence-electron chi connectivity index (χ3n) is 5.57. The molecule has 0 saturated heterocycles. The fraction of sp³-hybridized carbons (Fsp3) is 0.200. The summed E-state index contributed by atoms with van der Waals surface area (Å²) in [6.45, 7) is 2.08. The molecule has 0 radical (unpaired) electrons. The molecule has 3 aromatic rings. The van der Waals surface area contributed by atoms with Crippen LogP contribution in [0, 0.1) is 12.8 Å². The summed E-state index contributed by atoms with van der Waals surface area (Å²) in [5.74, 6) is -0.799. The molecule has 1 aliphatic rings. The van der Waals surface area contributed by atoms with Gasteiger partial charge in [-0.15, -0.1) is 0 Å². The zero-order valence-electron chi connectivity index (χ0n) is 15.8. The number of benzene rings is 3. The van der Waals surface area contributed by atoms with Crippen LogP contribution in [0.25, 0.3) is 11.1 Å². The van der Waals surface area contributed by atoms with Crippen LogP contribution in [0.15, 0.2) is 66.7 Å². The van der Waals surface area contributed by atoms with Crippen LogP contribution in [0.2, 0.25) is 0 Å². The Morgan fingerprint density at radius 3 is 2.43 bits per heavy atom. The number of carboxylic acids is 1. The van der Waals surface area contributed by atoms with Gasteiger partial charge in [0.05, 0.1) is 5.56 Å². The molecule has 28 heavy (non-hydrogen) atoms. The first-order valence-corrected chi connectivity index (χ1v) is 9.58. The summed E-state index contributed by atoms with van der Waals surface area (Å²) < 4.78 is 0. The molecule has 0 saturated carbocycles. The lowest BCUT2D eigenvalue weighted by molar-refractivity contribution is 0.0696. The van der Waals surface area contributed by atoms with E-state index in [2.05, 4.69) is 37.3 Å². The highest BCUT2D eigenvalue weighted by molar-refractivity contribution is 6.02. The molecule has 0 fully saturated rings. The number of fused-ring (bicyclic) bond motifs is 1. The van der Waals surface area contributed by atoms with Crippen LogP contribution in [0.5, 0.6) is 0 Å². The fourth-order valence-corrected chi connectivity index (χ4v) is 4.10. The lowest BCUT2D eigenvalue weighted by atomic mass is 9.77. The van der Waals surface area contributed by atoms with E-state index in [-0.39, 0.29) is 17.3 Å². The third-order valence-corrected chi connectivity index (χ3v) is 5.57. The average molecular weight is 370 g/mol. The largest absolute Gasteiger partial charge is 0.478 e. The van der Waals surface area contributed by atoms with Gasteiger partial charge in [0.2, 0.25) is 0 Å². The summed E-state index contributed by atoms with van der Waals surface area (Å²) in [7, 11) is 0. The van der Waals surface area contributed by atoms with Gasteiger partial charge in [-0.05, 0) is 60.6 Å². The van der Waals surface area contributed by atoms with Gasteiger partial charge in [0, 0.05) is 11.5 Å². The van der Waals surface area contributed by atoms with Crippen molar-refractivity contribution in [3.63, 3.8) is 0 Å². The Balaban J connectivity index is 1.60. The van der Waals surface area contributed by atoms with Gasteiger partial charge < -0.3 is 5.11 Å². The number of carbonyl (C=O) groups excluding carboxylic acids is 1. The quantitative estimate of drug-likeness (QED) is 0.674. The van der Waals surface area contributed by atoms with E-state index in [9.17, 15) is 9.59 Å². The number of aromatic carboxylic acids is 1. The van der Waals surface area contributed by atoms with Crippen LogP contribution < -0.4 is 0 Å². The van der Waals surface area contributed by atoms with Crippen LogP contribution >= 0.6 is 0 Å². The molecule has 4 rings (SSSR count). The number of Topliss-reactive ketones (excluding diaryl/α,β-unsaturated/α-hetero) is 1. The Hall–Kier alpha value is -3.20. The molecule has 1 atom stereocenters. The highest BCUT2D eigenvalue weighted by Gasteiger charge is 2.29. The Kier molecular flexibility index (Phi) is 4.82. The van der Waals surface area contributed by atoms with Crippen molar-refractivity contribution < 1.29 is 14.7 Å². The van der Waals surface area contributed by atoms with Crippen molar-refractivity contribution in [1.29, 1.82) is 0 Å².